The van der Waals surface area contributed by atoms with Crippen LogP contribution in [0.25, 0.3) is 0 Å². The fourth-order valence-corrected chi connectivity index (χ4v) is 1.24. The number of rotatable bonds is 3. The molecule has 0 aliphatic rings. The fraction of sp³-hybridized carbons (Fsp3) is 0.545. The second-order valence-electron chi connectivity index (χ2n) is 4.22. The summed E-state index contributed by atoms with van der Waals surface area (Å²) in [6.07, 6.45) is 4.33. The summed E-state index contributed by atoms with van der Waals surface area (Å²) in [5.74, 6) is 3.07. The third-order valence-corrected chi connectivity index (χ3v) is 2.32. The quantitative estimate of drug-likeness (QED) is 0.383. The molecule has 0 heterocycles. The molecule has 72 valence electrons. The average Bonchev–Trinajstić information content (AvgIpc) is 1.98. The second-order valence-corrected chi connectivity index (χ2v) is 8.97. The topological polar surface area (TPSA) is 17.1 Å². The van der Waals surface area contributed by atoms with Gasteiger partial charge in [-0.2, -0.15) is 0 Å². The van der Waals surface area contributed by atoms with Crippen LogP contribution in [0.15, 0.2) is 11.6 Å². The zero-order valence-electron chi connectivity index (χ0n) is 8.98. The van der Waals surface area contributed by atoms with Gasteiger partial charge in [0.15, 0.2) is 0 Å². The third kappa shape index (κ3) is 9.10. The molecular weight excluding hydrogens is 176 g/mol. The van der Waals surface area contributed by atoms with Crippen molar-refractivity contribution in [3.63, 3.8) is 0 Å². The van der Waals surface area contributed by atoms with Crippen LogP contribution >= 0.6 is 0 Å². The zero-order chi connectivity index (χ0) is 10.3. The Morgan fingerprint density at radius 1 is 1.38 bits per heavy atom. The van der Waals surface area contributed by atoms with Gasteiger partial charge in [0.2, 0.25) is 0 Å². The molecule has 0 spiro atoms. The minimum atomic E-state index is -1.23. The first-order valence-electron chi connectivity index (χ1n) is 4.57. The average molecular weight is 194 g/mol. The predicted octanol–water partition coefficient (Wildman–Crippen LogP) is 2.79. The Hall–Kier alpha value is -0.813. The van der Waals surface area contributed by atoms with E-state index in [1.165, 1.54) is 5.57 Å². The van der Waals surface area contributed by atoms with Gasteiger partial charge < -0.3 is 4.79 Å². The van der Waals surface area contributed by atoms with Crippen LogP contribution in [0, 0.1) is 11.5 Å². The Morgan fingerprint density at radius 3 is 2.46 bits per heavy atom. The van der Waals surface area contributed by atoms with E-state index in [9.17, 15) is 4.79 Å². The van der Waals surface area contributed by atoms with E-state index in [0.29, 0.717) is 6.42 Å². The number of carbonyl (C=O) groups is 1. The highest BCUT2D eigenvalue weighted by Gasteiger charge is 2.06. The van der Waals surface area contributed by atoms with Gasteiger partial charge in [-0.1, -0.05) is 31.1 Å². The maximum Gasteiger partial charge on any atom is 0.129 e. The number of allylic oxidation sites excluding steroid dienone is 2. The van der Waals surface area contributed by atoms with Gasteiger partial charge in [0.25, 0.3) is 0 Å². The first kappa shape index (κ1) is 12.2. The summed E-state index contributed by atoms with van der Waals surface area (Å²) < 4.78 is 0. The summed E-state index contributed by atoms with van der Waals surface area (Å²) in [5.41, 5.74) is 4.45. The molecule has 13 heavy (non-hydrogen) atoms. The van der Waals surface area contributed by atoms with E-state index in [-0.39, 0.29) is 0 Å². The Morgan fingerprint density at radius 2 is 2.00 bits per heavy atom. The molecule has 0 aromatic heterocycles. The van der Waals surface area contributed by atoms with Crippen LogP contribution in [0.3, 0.4) is 0 Å². The first-order valence-corrected chi connectivity index (χ1v) is 8.07. The van der Waals surface area contributed by atoms with Crippen molar-refractivity contribution in [3.8, 4) is 11.5 Å². The lowest BCUT2D eigenvalue weighted by Crippen LogP contribution is -2.16. The molecule has 0 amide bonds. The SMILES string of the molecule is C/C(=C\C#C[Si](C)(C)C)CCC=O. The van der Waals surface area contributed by atoms with Gasteiger partial charge in [0, 0.05) is 6.42 Å². The van der Waals surface area contributed by atoms with Crippen molar-refractivity contribution in [2.75, 3.05) is 0 Å². The smallest absolute Gasteiger partial charge is 0.129 e. The molecule has 1 nitrogen and oxygen atoms in total. The Kier molecular flexibility index (Phi) is 5.41. The number of carbonyl (C=O) groups excluding carboxylic acids is 1. The molecule has 0 radical (unpaired) electrons. The molecule has 0 N–H and O–H groups in total. The van der Waals surface area contributed by atoms with E-state index in [1.54, 1.807) is 0 Å². The van der Waals surface area contributed by atoms with Gasteiger partial charge in [-0.15, -0.1) is 5.54 Å². The summed E-state index contributed by atoms with van der Waals surface area (Å²) in [6.45, 7) is 8.67. The van der Waals surface area contributed by atoms with Crippen LogP contribution in [0.1, 0.15) is 19.8 Å². The van der Waals surface area contributed by atoms with Crippen LogP contribution in [0.2, 0.25) is 19.6 Å². The van der Waals surface area contributed by atoms with Crippen molar-refractivity contribution in [2.45, 2.75) is 39.4 Å². The molecule has 0 atom stereocenters. The maximum absolute atomic E-state index is 10.1. The Bertz CT molecular complexity index is 247. The largest absolute Gasteiger partial charge is 0.303 e. The highest BCUT2D eigenvalue weighted by atomic mass is 28.3. The predicted molar refractivity (Wildman–Crippen MR) is 60.2 cm³/mol. The third-order valence-electron chi connectivity index (χ3n) is 1.42. The van der Waals surface area contributed by atoms with Crippen LogP contribution in [0.5, 0.6) is 0 Å². The fourth-order valence-electron chi connectivity index (χ4n) is 0.735. The highest BCUT2D eigenvalue weighted by Crippen LogP contribution is 2.01. The van der Waals surface area contributed by atoms with Gasteiger partial charge in [0.05, 0.1) is 0 Å². The standard InChI is InChI=1S/C11H18OSi/c1-11(7-5-9-12)8-6-10-13(2,3)4/h8-9H,5,7H2,1-4H3/b11-8+. The summed E-state index contributed by atoms with van der Waals surface area (Å²) >= 11 is 0. The van der Waals surface area contributed by atoms with Crippen LogP contribution in [-0.2, 0) is 4.79 Å². The molecule has 0 fully saturated rings. The summed E-state index contributed by atoms with van der Waals surface area (Å²) in [4.78, 5) is 10.1. The molecule has 2 heteroatoms. The lowest BCUT2D eigenvalue weighted by atomic mass is 10.2. The van der Waals surface area contributed by atoms with E-state index in [0.717, 1.165) is 12.7 Å². The minimum Gasteiger partial charge on any atom is -0.303 e. The molecular formula is C11H18OSi. The van der Waals surface area contributed by atoms with Gasteiger partial charge in [-0.05, 0) is 19.4 Å². The molecule has 0 unspecified atom stereocenters. The molecule has 0 rings (SSSR count). The van der Waals surface area contributed by atoms with Gasteiger partial charge >= 0.3 is 0 Å². The zero-order valence-corrected chi connectivity index (χ0v) is 9.98. The van der Waals surface area contributed by atoms with Crippen molar-refractivity contribution in [3.05, 3.63) is 11.6 Å². The lowest BCUT2D eigenvalue weighted by molar-refractivity contribution is -0.107. The lowest BCUT2D eigenvalue weighted by Gasteiger charge is -2.02. The van der Waals surface area contributed by atoms with Crippen molar-refractivity contribution in [1.29, 1.82) is 0 Å². The van der Waals surface area contributed by atoms with E-state index in [1.807, 2.05) is 13.0 Å². The molecule has 0 bridgehead atoms. The van der Waals surface area contributed by atoms with Crippen molar-refractivity contribution < 1.29 is 4.79 Å². The van der Waals surface area contributed by atoms with Crippen LogP contribution in [-0.4, -0.2) is 14.4 Å². The summed E-state index contributed by atoms with van der Waals surface area (Å²) in [5, 5.41) is 0. The number of aldehydes is 1. The second kappa shape index (κ2) is 5.77. The minimum absolute atomic E-state index is 0.608. The van der Waals surface area contributed by atoms with Crippen LogP contribution < -0.4 is 0 Å². The Labute approximate surface area is 82.2 Å². The van der Waals surface area contributed by atoms with Crippen molar-refractivity contribution in [1.82, 2.24) is 0 Å². The molecule has 0 saturated heterocycles. The molecule has 0 aromatic carbocycles. The normalized spacial score (nSPS) is 11.8. The molecule has 0 aliphatic heterocycles. The van der Waals surface area contributed by atoms with Gasteiger partial charge in [-0.3, -0.25) is 0 Å². The molecule has 0 aliphatic carbocycles. The molecule has 0 aromatic rings. The number of hydrogen-bond donors (Lipinski definition) is 0. The van der Waals surface area contributed by atoms with E-state index in [2.05, 4.69) is 31.1 Å². The van der Waals surface area contributed by atoms with Gasteiger partial charge in [0.1, 0.15) is 14.4 Å². The molecule has 0 saturated carbocycles. The number of hydrogen-bond acceptors (Lipinski definition) is 1. The first-order chi connectivity index (χ1) is 5.95. The van der Waals surface area contributed by atoms with Crippen molar-refractivity contribution in [2.24, 2.45) is 0 Å². The van der Waals surface area contributed by atoms with E-state index in [4.69, 9.17) is 0 Å². The Balaban J connectivity index is 4.07. The van der Waals surface area contributed by atoms with Crippen LogP contribution in [0.4, 0.5) is 0 Å². The van der Waals surface area contributed by atoms with Crippen molar-refractivity contribution >= 4 is 14.4 Å². The van der Waals surface area contributed by atoms with E-state index < -0.39 is 8.07 Å². The highest BCUT2D eigenvalue weighted by molar-refractivity contribution is 6.83. The van der Waals surface area contributed by atoms with E-state index >= 15 is 0 Å². The summed E-state index contributed by atoms with van der Waals surface area (Å²) in [7, 11) is -1.23. The van der Waals surface area contributed by atoms with Gasteiger partial charge in [-0.25, -0.2) is 0 Å². The monoisotopic (exact) mass is 194 g/mol. The summed E-state index contributed by atoms with van der Waals surface area (Å²) in [6, 6.07) is 0. The maximum atomic E-state index is 10.1.